The van der Waals surface area contributed by atoms with Gasteiger partial charge in [-0.2, -0.15) is 0 Å². The molecule has 0 amide bonds. The van der Waals surface area contributed by atoms with Crippen LogP contribution in [0, 0.1) is 12.7 Å². The molecule has 0 aliphatic heterocycles. The van der Waals surface area contributed by atoms with Crippen LogP contribution in [0.2, 0.25) is 0 Å². The van der Waals surface area contributed by atoms with Gasteiger partial charge in [-0.15, -0.1) is 11.6 Å². The molecule has 2 aromatic heterocycles. The van der Waals surface area contributed by atoms with Gasteiger partial charge in [-0.05, 0) is 25.1 Å². The van der Waals surface area contributed by atoms with Crippen molar-refractivity contribution < 1.29 is 4.39 Å². The molecule has 6 heteroatoms. The molecule has 0 aliphatic rings. The van der Waals surface area contributed by atoms with Crippen molar-refractivity contribution >= 4 is 22.6 Å². The zero-order valence-electron chi connectivity index (χ0n) is 10.8. The quantitative estimate of drug-likeness (QED) is 0.696. The largest absolute Gasteiger partial charge is 0.321 e. The number of rotatable bonds is 3. The van der Waals surface area contributed by atoms with Crippen LogP contribution in [0.25, 0.3) is 11.0 Å². The highest BCUT2D eigenvalue weighted by Gasteiger charge is 2.11. The van der Waals surface area contributed by atoms with E-state index in [4.69, 9.17) is 11.6 Å². The summed E-state index contributed by atoms with van der Waals surface area (Å²) < 4.78 is 15.2. The van der Waals surface area contributed by atoms with E-state index in [1.807, 2.05) is 17.6 Å². The number of alkyl halides is 1. The molecule has 20 heavy (non-hydrogen) atoms. The third kappa shape index (κ3) is 2.36. The number of aryl methyl sites for hydroxylation is 1. The molecule has 0 atom stereocenters. The molecule has 1 aromatic carbocycles. The summed E-state index contributed by atoms with van der Waals surface area (Å²) in [5.74, 6) is 1.37. The molecule has 2 heterocycles. The first kappa shape index (κ1) is 13.0. The molecule has 0 N–H and O–H groups in total. The Morgan fingerprint density at radius 2 is 2.10 bits per heavy atom. The fourth-order valence-electron chi connectivity index (χ4n) is 2.19. The minimum absolute atomic E-state index is 0.264. The van der Waals surface area contributed by atoms with E-state index >= 15 is 0 Å². The summed E-state index contributed by atoms with van der Waals surface area (Å²) in [6.07, 6.45) is 1.72. The number of hydrogen-bond donors (Lipinski definition) is 0. The van der Waals surface area contributed by atoms with Crippen LogP contribution in [0.1, 0.15) is 17.3 Å². The summed E-state index contributed by atoms with van der Waals surface area (Å²) in [5, 5.41) is 0. The molecule has 0 fully saturated rings. The zero-order chi connectivity index (χ0) is 14.1. The summed E-state index contributed by atoms with van der Waals surface area (Å²) in [6.45, 7) is 2.38. The van der Waals surface area contributed by atoms with E-state index in [1.54, 1.807) is 12.3 Å². The number of aromatic nitrogens is 4. The van der Waals surface area contributed by atoms with Crippen molar-refractivity contribution in [3.8, 4) is 0 Å². The number of hydrogen-bond acceptors (Lipinski definition) is 3. The number of halogens is 2. The highest BCUT2D eigenvalue weighted by molar-refractivity contribution is 6.16. The lowest BCUT2D eigenvalue weighted by Gasteiger charge is -2.07. The Morgan fingerprint density at radius 1 is 1.25 bits per heavy atom. The van der Waals surface area contributed by atoms with Crippen molar-refractivity contribution in [3.05, 3.63) is 53.6 Å². The average Bonchev–Trinajstić information content (AvgIpc) is 2.76. The van der Waals surface area contributed by atoms with Crippen LogP contribution >= 0.6 is 11.6 Å². The molecule has 4 nitrogen and oxygen atoms in total. The maximum absolute atomic E-state index is 13.3. The molecular weight excluding hydrogens is 279 g/mol. The highest BCUT2D eigenvalue weighted by atomic mass is 35.5. The van der Waals surface area contributed by atoms with Crippen molar-refractivity contribution in [1.29, 1.82) is 0 Å². The first-order valence-corrected chi connectivity index (χ1v) is 6.70. The molecule has 0 saturated heterocycles. The van der Waals surface area contributed by atoms with Gasteiger partial charge in [-0.1, -0.05) is 0 Å². The van der Waals surface area contributed by atoms with Crippen LogP contribution in [0.5, 0.6) is 0 Å². The SMILES string of the molecule is Cc1nccc(Cn2c(CCl)nc3cc(F)ccc32)n1. The van der Waals surface area contributed by atoms with E-state index < -0.39 is 0 Å². The van der Waals surface area contributed by atoms with E-state index in [9.17, 15) is 4.39 Å². The minimum atomic E-state index is -0.304. The molecule has 0 unspecified atom stereocenters. The third-order valence-electron chi connectivity index (χ3n) is 3.06. The Balaban J connectivity index is 2.10. The van der Waals surface area contributed by atoms with Gasteiger partial charge in [0.25, 0.3) is 0 Å². The van der Waals surface area contributed by atoms with Gasteiger partial charge in [0, 0.05) is 12.3 Å². The molecule has 0 aliphatic carbocycles. The molecule has 3 aromatic rings. The fraction of sp³-hybridized carbons (Fsp3) is 0.214. The van der Waals surface area contributed by atoms with Gasteiger partial charge in [0.1, 0.15) is 17.5 Å². The number of benzene rings is 1. The summed E-state index contributed by atoms with van der Waals surface area (Å²) in [6, 6.07) is 6.39. The maximum Gasteiger partial charge on any atom is 0.125 e. The Bertz CT molecular complexity index is 769. The predicted molar refractivity (Wildman–Crippen MR) is 75.1 cm³/mol. The van der Waals surface area contributed by atoms with Crippen molar-refractivity contribution in [2.24, 2.45) is 0 Å². The first-order valence-electron chi connectivity index (χ1n) is 6.16. The second kappa shape index (κ2) is 5.17. The summed E-state index contributed by atoms with van der Waals surface area (Å²) in [5.41, 5.74) is 2.32. The van der Waals surface area contributed by atoms with Crippen molar-refractivity contribution in [1.82, 2.24) is 19.5 Å². The fourth-order valence-corrected chi connectivity index (χ4v) is 2.39. The van der Waals surface area contributed by atoms with Gasteiger partial charge >= 0.3 is 0 Å². The Kier molecular flexibility index (Phi) is 3.36. The summed E-state index contributed by atoms with van der Waals surface area (Å²) >= 11 is 5.93. The standard InChI is InChI=1S/C14H12ClFN4/c1-9-17-5-4-11(18-9)8-20-13-3-2-10(16)6-12(13)19-14(20)7-15/h2-6H,7-8H2,1H3. The lowest BCUT2D eigenvalue weighted by molar-refractivity contribution is 0.629. The van der Waals surface area contributed by atoms with Gasteiger partial charge in [-0.25, -0.2) is 19.3 Å². The van der Waals surface area contributed by atoms with Crippen molar-refractivity contribution in [3.63, 3.8) is 0 Å². The van der Waals surface area contributed by atoms with Gasteiger partial charge < -0.3 is 4.57 Å². The van der Waals surface area contributed by atoms with Crippen molar-refractivity contribution in [2.45, 2.75) is 19.3 Å². The smallest absolute Gasteiger partial charge is 0.125 e. The van der Waals surface area contributed by atoms with Gasteiger partial charge in [0.2, 0.25) is 0 Å². The molecule has 0 saturated carbocycles. The Labute approximate surface area is 120 Å². The average molecular weight is 291 g/mol. The van der Waals surface area contributed by atoms with E-state index in [1.165, 1.54) is 12.1 Å². The van der Waals surface area contributed by atoms with E-state index in [-0.39, 0.29) is 11.7 Å². The predicted octanol–water partition coefficient (Wildman–Crippen LogP) is 3.06. The lowest BCUT2D eigenvalue weighted by atomic mass is 10.3. The highest BCUT2D eigenvalue weighted by Crippen LogP contribution is 2.20. The normalized spacial score (nSPS) is 11.2. The van der Waals surface area contributed by atoms with Crippen molar-refractivity contribution in [2.75, 3.05) is 0 Å². The molecule has 0 radical (unpaired) electrons. The Morgan fingerprint density at radius 3 is 2.85 bits per heavy atom. The topological polar surface area (TPSA) is 43.6 Å². The zero-order valence-corrected chi connectivity index (χ0v) is 11.6. The second-order valence-electron chi connectivity index (χ2n) is 4.48. The summed E-state index contributed by atoms with van der Waals surface area (Å²) in [7, 11) is 0. The second-order valence-corrected chi connectivity index (χ2v) is 4.74. The minimum Gasteiger partial charge on any atom is -0.321 e. The van der Waals surface area contributed by atoms with Crippen LogP contribution < -0.4 is 0 Å². The van der Waals surface area contributed by atoms with Crippen LogP contribution in [0.3, 0.4) is 0 Å². The number of nitrogens with zero attached hydrogens (tertiary/aromatic N) is 4. The Hall–Kier alpha value is -2.01. The van der Waals surface area contributed by atoms with Crippen LogP contribution in [-0.2, 0) is 12.4 Å². The van der Waals surface area contributed by atoms with Crippen LogP contribution in [0.4, 0.5) is 4.39 Å². The number of imidazole rings is 1. The maximum atomic E-state index is 13.3. The van der Waals surface area contributed by atoms with Gasteiger partial charge in [0.05, 0.1) is 29.2 Å². The molecule has 3 rings (SSSR count). The van der Waals surface area contributed by atoms with Gasteiger partial charge in [-0.3, -0.25) is 0 Å². The van der Waals surface area contributed by atoms with Gasteiger partial charge in [0.15, 0.2) is 0 Å². The molecule has 102 valence electrons. The lowest BCUT2D eigenvalue weighted by Crippen LogP contribution is -2.06. The third-order valence-corrected chi connectivity index (χ3v) is 3.30. The van der Waals surface area contributed by atoms with E-state index in [2.05, 4.69) is 15.0 Å². The van der Waals surface area contributed by atoms with Crippen LogP contribution in [-0.4, -0.2) is 19.5 Å². The number of fused-ring (bicyclic) bond motifs is 1. The molecule has 0 spiro atoms. The van der Waals surface area contributed by atoms with E-state index in [0.717, 1.165) is 11.2 Å². The molecule has 0 bridgehead atoms. The first-order chi connectivity index (χ1) is 9.67. The van der Waals surface area contributed by atoms with Crippen LogP contribution in [0.15, 0.2) is 30.5 Å². The summed E-state index contributed by atoms with van der Waals surface area (Å²) in [4.78, 5) is 12.8. The monoisotopic (exact) mass is 290 g/mol. The van der Waals surface area contributed by atoms with E-state index in [0.29, 0.717) is 23.7 Å². The molecular formula is C14H12ClFN4.